The molecule has 176 valence electrons. The maximum Gasteiger partial charge on any atom is 0.338 e. The van der Waals surface area contributed by atoms with Crippen molar-refractivity contribution in [2.24, 2.45) is 4.99 Å². The van der Waals surface area contributed by atoms with E-state index in [1.54, 1.807) is 11.5 Å². The number of benzene rings is 1. The number of aromatic nitrogens is 1. The van der Waals surface area contributed by atoms with Crippen molar-refractivity contribution >= 4 is 40.4 Å². The number of esters is 1. The first-order valence-corrected chi connectivity index (χ1v) is 13.3. The molecule has 2 aliphatic rings. The van der Waals surface area contributed by atoms with Crippen LogP contribution >= 0.6 is 22.7 Å². The van der Waals surface area contributed by atoms with Gasteiger partial charge >= 0.3 is 5.97 Å². The molecule has 1 atom stereocenters. The van der Waals surface area contributed by atoms with Gasteiger partial charge in [0.05, 0.1) is 22.4 Å². The van der Waals surface area contributed by atoms with Crippen LogP contribution in [0.2, 0.25) is 0 Å². The van der Waals surface area contributed by atoms with Crippen molar-refractivity contribution in [3.8, 4) is 0 Å². The predicted octanol–water partition coefficient (Wildman–Crippen LogP) is 3.77. The van der Waals surface area contributed by atoms with Crippen molar-refractivity contribution in [3.05, 3.63) is 82.7 Å². The standard InChI is InChI=1S/C26H27N3O3S2/c1-4-32-25(31)22-17(3)27-26-29(23(22)20-8-7-13-33-20)24(30)21(34-26)15-18-9-10-19(14-16(18)2)28-11-5-6-12-28/h7-10,13-15,23H,4-6,11-12H2,1-3H3/b21-15+/t23-/m1/s1. The number of rotatable bonds is 5. The largest absolute Gasteiger partial charge is 0.463 e. The van der Waals surface area contributed by atoms with E-state index in [9.17, 15) is 9.59 Å². The average Bonchev–Trinajstić information content (AvgIpc) is 3.57. The fourth-order valence-electron chi connectivity index (χ4n) is 4.64. The lowest BCUT2D eigenvalue weighted by Crippen LogP contribution is -2.39. The molecule has 0 unspecified atom stereocenters. The fourth-order valence-corrected chi connectivity index (χ4v) is 6.50. The molecule has 1 aromatic carbocycles. The van der Waals surface area contributed by atoms with Crippen molar-refractivity contribution in [2.45, 2.75) is 39.7 Å². The van der Waals surface area contributed by atoms with Crippen LogP contribution in [-0.4, -0.2) is 30.2 Å². The highest BCUT2D eigenvalue weighted by atomic mass is 32.1. The van der Waals surface area contributed by atoms with Crippen LogP contribution < -0.4 is 19.8 Å². The Morgan fingerprint density at radius 2 is 2.03 bits per heavy atom. The van der Waals surface area contributed by atoms with Gasteiger partial charge in [0.25, 0.3) is 5.56 Å². The van der Waals surface area contributed by atoms with E-state index in [1.807, 2.05) is 30.5 Å². The van der Waals surface area contributed by atoms with Crippen LogP contribution in [0.15, 0.2) is 56.8 Å². The van der Waals surface area contributed by atoms with E-state index in [0.717, 1.165) is 29.1 Å². The number of carbonyl (C=O) groups is 1. The number of thiazole rings is 1. The number of nitrogens with zero attached hydrogens (tertiary/aromatic N) is 3. The van der Waals surface area contributed by atoms with Crippen LogP contribution in [0, 0.1) is 6.92 Å². The summed E-state index contributed by atoms with van der Waals surface area (Å²) in [6, 6.07) is 9.78. The van der Waals surface area contributed by atoms with Gasteiger partial charge in [-0.2, -0.15) is 0 Å². The Kier molecular flexibility index (Phi) is 6.27. The average molecular weight is 494 g/mol. The van der Waals surface area contributed by atoms with Crippen LogP contribution in [0.1, 0.15) is 48.7 Å². The van der Waals surface area contributed by atoms with Gasteiger partial charge in [0, 0.05) is 23.7 Å². The van der Waals surface area contributed by atoms with Gasteiger partial charge in [-0.25, -0.2) is 9.79 Å². The first-order valence-electron chi connectivity index (χ1n) is 11.6. The third-order valence-corrected chi connectivity index (χ3v) is 8.25. The topological polar surface area (TPSA) is 63.9 Å². The normalized spacial score (nSPS) is 18.3. The van der Waals surface area contributed by atoms with Gasteiger partial charge in [-0.15, -0.1) is 11.3 Å². The van der Waals surface area contributed by atoms with E-state index in [1.165, 1.54) is 41.2 Å². The molecule has 0 aliphatic carbocycles. The van der Waals surface area contributed by atoms with Crippen molar-refractivity contribution in [2.75, 3.05) is 24.6 Å². The van der Waals surface area contributed by atoms with Gasteiger partial charge in [-0.3, -0.25) is 9.36 Å². The maximum atomic E-state index is 13.6. The quantitative estimate of drug-likeness (QED) is 0.508. The van der Waals surface area contributed by atoms with Gasteiger partial charge in [0.15, 0.2) is 4.80 Å². The molecule has 0 N–H and O–H groups in total. The molecule has 0 spiro atoms. The first kappa shape index (κ1) is 22.8. The Bertz CT molecular complexity index is 1440. The third kappa shape index (κ3) is 4.05. The maximum absolute atomic E-state index is 13.6. The molecule has 1 fully saturated rings. The monoisotopic (exact) mass is 493 g/mol. The van der Waals surface area contributed by atoms with Crippen LogP contribution in [0.3, 0.4) is 0 Å². The number of allylic oxidation sites excluding steroid dienone is 1. The molecule has 6 nitrogen and oxygen atoms in total. The van der Waals surface area contributed by atoms with E-state index in [4.69, 9.17) is 4.74 Å². The van der Waals surface area contributed by atoms with Gasteiger partial charge < -0.3 is 9.64 Å². The number of hydrogen-bond donors (Lipinski definition) is 0. The minimum atomic E-state index is -0.531. The van der Waals surface area contributed by atoms with Gasteiger partial charge in [-0.1, -0.05) is 23.5 Å². The minimum absolute atomic E-state index is 0.139. The SMILES string of the molecule is CCOC(=O)C1=C(C)N=c2s/c(=C/c3ccc(N4CCCC4)cc3C)c(=O)n2[C@@H]1c1cccs1. The van der Waals surface area contributed by atoms with E-state index in [-0.39, 0.29) is 12.2 Å². The fraction of sp³-hybridized carbons (Fsp3) is 0.346. The lowest BCUT2D eigenvalue weighted by molar-refractivity contribution is -0.139. The van der Waals surface area contributed by atoms with E-state index < -0.39 is 12.0 Å². The molecule has 5 rings (SSSR count). The minimum Gasteiger partial charge on any atom is -0.463 e. The molecule has 3 aromatic rings. The van der Waals surface area contributed by atoms with Crippen molar-refractivity contribution < 1.29 is 9.53 Å². The molecule has 1 saturated heterocycles. The highest BCUT2D eigenvalue weighted by Gasteiger charge is 2.33. The van der Waals surface area contributed by atoms with Crippen molar-refractivity contribution in [3.63, 3.8) is 0 Å². The Morgan fingerprint density at radius 3 is 2.71 bits per heavy atom. The highest BCUT2D eigenvalue weighted by molar-refractivity contribution is 7.10. The zero-order valence-corrected chi connectivity index (χ0v) is 21.2. The smallest absolute Gasteiger partial charge is 0.338 e. The van der Waals surface area contributed by atoms with Crippen LogP contribution in [0.4, 0.5) is 5.69 Å². The summed E-state index contributed by atoms with van der Waals surface area (Å²) in [6.07, 6.45) is 4.42. The second kappa shape index (κ2) is 9.35. The molecule has 34 heavy (non-hydrogen) atoms. The number of hydrogen-bond acceptors (Lipinski definition) is 7. The summed E-state index contributed by atoms with van der Waals surface area (Å²) in [7, 11) is 0. The third-order valence-electron chi connectivity index (χ3n) is 6.34. The zero-order chi connectivity index (χ0) is 23.8. The number of carbonyl (C=O) groups excluding carboxylic acids is 1. The van der Waals surface area contributed by atoms with E-state index >= 15 is 0 Å². The summed E-state index contributed by atoms with van der Waals surface area (Å²) in [5.74, 6) is -0.426. The molecule has 2 aliphatic heterocycles. The summed E-state index contributed by atoms with van der Waals surface area (Å²) in [5, 5.41) is 1.95. The van der Waals surface area contributed by atoms with Gasteiger partial charge in [0.1, 0.15) is 6.04 Å². The van der Waals surface area contributed by atoms with Gasteiger partial charge in [0.2, 0.25) is 0 Å². The second-order valence-electron chi connectivity index (χ2n) is 8.55. The molecule has 8 heteroatoms. The number of anilines is 1. The van der Waals surface area contributed by atoms with E-state index in [0.29, 0.717) is 20.6 Å². The lowest BCUT2D eigenvalue weighted by atomic mass is 10.0. The molecule has 0 bridgehead atoms. The summed E-state index contributed by atoms with van der Waals surface area (Å²) in [6.45, 7) is 8.14. The lowest BCUT2D eigenvalue weighted by Gasteiger charge is -2.23. The Balaban J connectivity index is 1.62. The zero-order valence-electron chi connectivity index (χ0n) is 19.5. The highest BCUT2D eigenvalue weighted by Crippen LogP contribution is 2.33. The van der Waals surface area contributed by atoms with Crippen LogP contribution in [0.5, 0.6) is 0 Å². The number of ether oxygens (including phenoxy) is 1. The molecular formula is C26H27N3O3S2. The second-order valence-corrected chi connectivity index (χ2v) is 10.5. The van der Waals surface area contributed by atoms with Crippen molar-refractivity contribution in [1.82, 2.24) is 4.57 Å². The first-order chi connectivity index (χ1) is 16.5. The molecule has 0 amide bonds. The summed E-state index contributed by atoms with van der Waals surface area (Å²) in [4.78, 5) is 35.1. The van der Waals surface area contributed by atoms with Crippen LogP contribution in [-0.2, 0) is 9.53 Å². The van der Waals surface area contributed by atoms with Crippen molar-refractivity contribution in [1.29, 1.82) is 0 Å². The molecule has 4 heterocycles. The molecule has 0 saturated carbocycles. The Morgan fingerprint density at radius 1 is 1.24 bits per heavy atom. The van der Waals surface area contributed by atoms with Gasteiger partial charge in [-0.05, 0) is 74.4 Å². The molecule has 2 aromatic heterocycles. The number of fused-ring (bicyclic) bond motifs is 1. The van der Waals surface area contributed by atoms with Crippen LogP contribution in [0.25, 0.3) is 6.08 Å². The number of thiophene rings is 1. The molecule has 0 radical (unpaired) electrons. The Hall–Kier alpha value is -2.97. The predicted molar refractivity (Wildman–Crippen MR) is 137 cm³/mol. The summed E-state index contributed by atoms with van der Waals surface area (Å²) < 4.78 is 7.59. The number of aryl methyl sites for hydroxylation is 1. The Labute approximate surface area is 206 Å². The summed E-state index contributed by atoms with van der Waals surface area (Å²) in [5.41, 5.74) is 4.27. The summed E-state index contributed by atoms with van der Waals surface area (Å²) >= 11 is 2.88. The van der Waals surface area contributed by atoms with E-state index in [2.05, 4.69) is 35.0 Å². The molecular weight excluding hydrogens is 466 g/mol.